The van der Waals surface area contributed by atoms with Gasteiger partial charge in [0.15, 0.2) is 0 Å². The number of piperazine rings is 1. The average molecular weight is 322 g/mol. The van der Waals surface area contributed by atoms with Gasteiger partial charge in [-0.25, -0.2) is 4.79 Å². The minimum absolute atomic E-state index is 0.175. The SMILES string of the molecule is Cc1ccccc1CC1OC(=O)c2cc(N3CCNCC3)ccc21. The van der Waals surface area contributed by atoms with E-state index in [1.807, 2.05) is 18.2 Å². The Hall–Kier alpha value is -2.33. The van der Waals surface area contributed by atoms with Gasteiger partial charge in [0.2, 0.25) is 0 Å². The van der Waals surface area contributed by atoms with Crippen molar-refractivity contribution in [3.05, 3.63) is 64.7 Å². The first-order chi connectivity index (χ1) is 11.7. The number of ether oxygens (including phenoxy) is 1. The molecular weight excluding hydrogens is 300 g/mol. The van der Waals surface area contributed by atoms with E-state index < -0.39 is 0 Å². The van der Waals surface area contributed by atoms with Crippen molar-refractivity contribution in [3.63, 3.8) is 0 Å². The molecule has 1 atom stereocenters. The second kappa shape index (κ2) is 6.29. The molecule has 124 valence electrons. The molecule has 1 N–H and O–H groups in total. The molecule has 4 rings (SSSR count). The summed E-state index contributed by atoms with van der Waals surface area (Å²) in [4.78, 5) is 14.7. The Bertz CT molecular complexity index is 766. The molecule has 0 aromatic heterocycles. The highest BCUT2D eigenvalue weighted by atomic mass is 16.5. The second-order valence-corrected chi connectivity index (χ2v) is 6.53. The molecule has 1 unspecified atom stereocenters. The van der Waals surface area contributed by atoms with Crippen molar-refractivity contribution in [2.75, 3.05) is 31.1 Å². The van der Waals surface area contributed by atoms with Gasteiger partial charge >= 0.3 is 5.97 Å². The number of nitrogens with one attached hydrogen (secondary N) is 1. The van der Waals surface area contributed by atoms with Crippen LogP contribution in [0.5, 0.6) is 0 Å². The van der Waals surface area contributed by atoms with Crippen LogP contribution in [0, 0.1) is 6.92 Å². The summed E-state index contributed by atoms with van der Waals surface area (Å²) in [6.07, 6.45) is 0.559. The molecule has 2 aromatic rings. The Morgan fingerprint density at radius 2 is 1.96 bits per heavy atom. The number of cyclic esters (lactones) is 1. The summed E-state index contributed by atoms with van der Waals surface area (Å²) in [7, 11) is 0. The quantitative estimate of drug-likeness (QED) is 0.882. The molecule has 0 saturated carbocycles. The van der Waals surface area contributed by atoms with E-state index in [9.17, 15) is 4.79 Å². The summed E-state index contributed by atoms with van der Waals surface area (Å²) in [5.41, 5.74) is 5.32. The summed E-state index contributed by atoms with van der Waals surface area (Å²) in [6, 6.07) is 14.5. The van der Waals surface area contributed by atoms with E-state index in [1.165, 1.54) is 11.1 Å². The summed E-state index contributed by atoms with van der Waals surface area (Å²) in [5, 5.41) is 3.35. The second-order valence-electron chi connectivity index (χ2n) is 6.53. The van der Waals surface area contributed by atoms with Crippen molar-refractivity contribution in [1.82, 2.24) is 5.32 Å². The van der Waals surface area contributed by atoms with Gasteiger partial charge in [0.1, 0.15) is 6.10 Å². The van der Waals surface area contributed by atoms with Gasteiger partial charge in [0, 0.05) is 43.9 Å². The van der Waals surface area contributed by atoms with E-state index in [0.29, 0.717) is 0 Å². The number of carbonyl (C=O) groups excluding carboxylic acids is 1. The number of fused-ring (bicyclic) bond motifs is 1. The first-order valence-electron chi connectivity index (χ1n) is 8.57. The number of anilines is 1. The highest BCUT2D eigenvalue weighted by Gasteiger charge is 2.32. The molecule has 0 aliphatic carbocycles. The minimum atomic E-state index is -0.194. The van der Waals surface area contributed by atoms with Gasteiger partial charge in [-0.2, -0.15) is 0 Å². The molecular formula is C20H22N2O2. The third-order valence-corrected chi connectivity index (χ3v) is 5.00. The maximum Gasteiger partial charge on any atom is 0.339 e. The lowest BCUT2D eigenvalue weighted by Crippen LogP contribution is -2.43. The van der Waals surface area contributed by atoms with Crippen molar-refractivity contribution < 1.29 is 9.53 Å². The third kappa shape index (κ3) is 2.78. The van der Waals surface area contributed by atoms with Gasteiger partial charge in [-0.3, -0.25) is 0 Å². The molecule has 0 bridgehead atoms. The predicted molar refractivity (Wildman–Crippen MR) is 94.6 cm³/mol. The van der Waals surface area contributed by atoms with E-state index >= 15 is 0 Å². The molecule has 4 heteroatoms. The van der Waals surface area contributed by atoms with Crippen LogP contribution < -0.4 is 10.2 Å². The summed E-state index contributed by atoms with van der Waals surface area (Å²) < 4.78 is 5.66. The molecule has 0 amide bonds. The molecule has 2 heterocycles. The third-order valence-electron chi connectivity index (χ3n) is 5.00. The Morgan fingerprint density at radius 3 is 2.75 bits per heavy atom. The Kier molecular flexibility index (Phi) is 3.98. The molecule has 1 fully saturated rings. The predicted octanol–water partition coefficient (Wildman–Crippen LogP) is 2.86. The van der Waals surface area contributed by atoms with Crippen LogP contribution in [-0.4, -0.2) is 32.1 Å². The Morgan fingerprint density at radius 1 is 1.17 bits per heavy atom. The highest BCUT2D eigenvalue weighted by molar-refractivity contribution is 5.95. The van der Waals surface area contributed by atoms with Crippen LogP contribution in [0.15, 0.2) is 42.5 Å². The fraction of sp³-hybridized carbons (Fsp3) is 0.350. The van der Waals surface area contributed by atoms with Crippen LogP contribution >= 0.6 is 0 Å². The first kappa shape index (κ1) is 15.2. The zero-order valence-corrected chi connectivity index (χ0v) is 13.9. The molecule has 2 aliphatic heterocycles. The topological polar surface area (TPSA) is 41.6 Å². The molecule has 0 radical (unpaired) electrons. The minimum Gasteiger partial charge on any atom is -0.454 e. The molecule has 2 aromatic carbocycles. The maximum absolute atomic E-state index is 12.3. The van der Waals surface area contributed by atoms with Crippen molar-refractivity contribution >= 4 is 11.7 Å². The number of aryl methyl sites for hydroxylation is 1. The van der Waals surface area contributed by atoms with Crippen molar-refractivity contribution in [1.29, 1.82) is 0 Å². The molecule has 24 heavy (non-hydrogen) atoms. The van der Waals surface area contributed by atoms with Crippen molar-refractivity contribution in [2.24, 2.45) is 0 Å². The normalized spacial score (nSPS) is 20.0. The molecule has 2 aliphatic rings. The number of esters is 1. The van der Waals surface area contributed by atoms with E-state index in [0.717, 1.165) is 49.4 Å². The monoisotopic (exact) mass is 322 g/mol. The highest BCUT2D eigenvalue weighted by Crippen LogP contribution is 2.36. The van der Waals surface area contributed by atoms with Crippen LogP contribution in [-0.2, 0) is 11.2 Å². The van der Waals surface area contributed by atoms with Crippen molar-refractivity contribution in [3.8, 4) is 0 Å². The summed E-state index contributed by atoms with van der Waals surface area (Å²) >= 11 is 0. The van der Waals surface area contributed by atoms with E-state index in [4.69, 9.17) is 4.74 Å². The van der Waals surface area contributed by atoms with Crippen LogP contribution in [0.3, 0.4) is 0 Å². The number of hydrogen-bond donors (Lipinski definition) is 1. The standard InChI is InChI=1S/C20H22N2O2/c1-14-4-2-3-5-15(14)12-19-17-7-6-16(13-18(17)20(23)24-19)22-10-8-21-9-11-22/h2-7,13,19,21H,8-12H2,1H3. The van der Waals surface area contributed by atoms with Crippen LogP contribution in [0.1, 0.15) is 33.2 Å². The number of benzene rings is 2. The average Bonchev–Trinajstić information content (AvgIpc) is 2.93. The largest absolute Gasteiger partial charge is 0.454 e. The fourth-order valence-corrected chi connectivity index (χ4v) is 3.57. The summed E-state index contributed by atoms with van der Waals surface area (Å²) in [5.74, 6) is -0.194. The summed E-state index contributed by atoms with van der Waals surface area (Å²) in [6.45, 7) is 6.01. The lowest BCUT2D eigenvalue weighted by Gasteiger charge is -2.29. The number of carbonyl (C=O) groups is 1. The number of hydrogen-bond acceptors (Lipinski definition) is 4. The number of rotatable bonds is 3. The van der Waals surface area contributed by atoms with Gasteiger partial charge < -0.3 is 15.0 Å². The zero-order chi connectivity index (χ0) is 16.5. The molecule has 4 nitrogen and oxygen atoms in total. The molecule has 1 saturated heterocycles. The zero-order valence-electron chi connectivity index (χ0n) is 13.9. The Balaban J connectivity index is 1.60. The van der Waals surface area contributed by atoms with E-state index in [2.05, 4.69) is 41.4 Å². The first-order valence-corrected chi connectivity index (χ1v) is 8.57. The Labute approximate surface area is 142 Å². The lowest BCUT2D eigenvalue weighted by atomic mass is 9.96. The lowest BCUT2D eigenvalue weighted by molar-refractivity contribution is 0.0387. The fourth-order valence-electron chi connectivity index (χ4n) is 3.57. The van der Waals surface area contributed by atoms with Crippen LogP contribution in [0.4, 0.5) is 5.69 Å². The van der Waals surface area contributed by atoms with E-state index in [1.54, 1.807) is 0 Å². The van der Waals surface area contributed by atoms with Gasteiger partial charge in [-0.15, -0.1) is 0 Å². The van der Waals surface area contributed by atoms with Gasteiger partial charge in [-0.1, -0.05) is 30.3 Å². The van der Waals surface area contributed by atoms with Crippen LogP contribution in [0.25, 0.3) is 0 Å². The van der Waals surface area contributed by atoms with Gasteiger partial charge in [-0.05, 0) is 30.2 Å². The van der Waals surface area contributed by atoms with Gasteiger partial charge in [0.25, 0.3) is 0 Å². The molecule has 0 spiro atoms. The smallest absolute Gasteiger partial charge is 0.339 e. The van der Waals surface area contributed by atoms with Gasteiger partial charge in [0.05, 0.1) is 5.56 Å². The number of nitrogens with zero attached hydrogens (tertiary/aromatic N) is 1. The van der Waals surface area contributed by atoms with Crippen LogP contribution in [0.2, 0.25) is 0 Å². The van der Waals surface area contributed by atoms with Crippen molar-refractivity contribution in [2.45, 2.75) is 19.4 Å². The van der Waals surface area contributed by atoms with E-state index in [-0.39, 0.29) is 12.1 Å². The maximum atomic E-state index is 12.3.